The molecule has 0 radical (unpaired) electrons. The number of nitrogens with zero attached hydrogens (tertiary/aromatic N) is 1. The molecule has 0 spiro atoms. The molecule has 1 N–H and O–H groups in total. The maximum absolute atomic E-state index is 14.7. The number of benzene rings is 2. The number of carbonyl (C=O) groups is 1. The van der Waals surface area contributed by atoms with Gasteiger partial charge in [-0.05, 0) is 69.7 Å². The Morgan fingerprint density at radius 1 is 0.800 bits per heavy atom. The second-order valence-electron chi connectivity index (χ2n) is 19.0. The van der Waals surface area contributed by atoms with Gasteiger partial charge in [-0.15, -0.1) is 0 Å². The molecule has 0 saturated carbocycles. The largest absolute Gasteiger partial charge is 0.496 e. The van der Waals surface area contributed by atoms with Gasteiger partial charge < -0.3 is 37.9 Å². The summed E-state index contributed by atoms with van der Waals surface area (Å²) in [5.74, 6) is 2.07. The van der Waals surface area contributed by atoms with Gasteiger partial charge in [-0.1, -0.05) is 81.4 Å². The molecule has 6 atom stereocenters. The Morgan fingerprint density at radius 3 is 1.64 bits per heavy atom. The fourth-order valence-electron chi connectivity index (χ4n) is 7.72. The van der Waals surface area contributed by atoms with Gasteiger partial charge in [0.05, 0.1) is 41.7 Å². The number of aliphatic hydroxyl groups excluding tert-OH is 1. The van der Waals surface area contributed by atoms with E-state index < -0.39 is 47.1 Å². The number of ketones is 1. The predicted octanol–water partition coefficient (Wildman–Crippen LogP) is 9.13. The molecule has 12 heteroatoms. The van der Waals surface area contributed by atoms with Crippen molar-refractivity contribution in [1.82, 2.24) is 0 Å². The Hall–Kier alpha value is -2.80. The fraction of sp³-hybridized carbons (Fsp3) is 0.674. The minimum atomic E-state index is -3.19. The maximum Gasteiger partial charge on any atom is 0.193 e. The lowest BCUT2D eigenvalue weighted by atomic mass is 9.81. The van der Waals surface area contributed by atoms with Gasteiger partial charge in [-0.25, -0.2) is 4.99 Å². The lowest BCUT2D eigenvalue weighted by molar-refractivity contribution is -0.131. The van der Waals surface area contributed by atoms with Gasteiger partial charge in [0.1, 0.15) is 35.4 Å². The molecule has 0 aromatic heterocycles. The summed E-state index contributed by atoms with van der Waals surface area (Å²) in [5, 5.41) is 9.86. The number of rotatable bonds is 11. The zero-order valence-corrected chi connectivity index (χ0v) is 37.9. The molecule has 5 rings (SSSR count). The van der Waals surface area contributed by atoms with Crippen LogP contribution in [0.1, 0.15) is 103 Å². The molecule has 2 aromatic rings. The maximum atomic E-state index is 14.7. The van der Waals surface area contributed by atoms with Gasteiger partial charge in [0, 0.05) is 23.3 Å². The van der Waals surface area contributed by atoms with Gasteiger partial charge in [0.25, 0.3) is 0 Å². The van der Waals surface area contributed by atoms with E-state index in [9.17, 15) is 19.0 Å². The van der Waals surface area contributed by atoms with Crippen LogP contribution >= 0.6 is 14.3 Å². The number of hydrogen-bond donors (Lipinski definition) is 1. The zero-order valence-electron chi connectivity index (χ0n) is 36.1. The molecule has 0 aliphatic carbocycles. The van der Waals surface area contributed by atoms with E-state index >= 15 is 0 Å². The number of ether oxygens (including phenoxy) is 5. The molecule has 0 bridgehead atoms. The Labute approximate surface area is 330 Å². The average molecular weight is 804 g/mol. The highest BCUT2D eigenvalue weighted by Crippen LogP contribution is 2.72. The van der Waals surface area contributed by atoms with E-state index in [0.717, 1.165) is 0 Å². The standard InChI is InChI=1S/C22H35O5P.C21H32NO4P/c1-14(2)15(13-23)12-18(24)22(6,7)20-27-17-11-9-10-16(26-8)19(17)28(20,25)21(3,4)5;1-13(2)14-12-25-18(22-14)21(6,7)19-26-16-11-9-10-15(24-8)17(16)27(19,23)20(3,4)5/h9-11,14-15,20,23H,12-13H2,1-8H3;9-11,13-14,19H,12H2,1-8H3/t15-,20-,28+;14-,19-,27+/m00/s1. The van der Waals surface area contributed by atoms with Gasteiger partial charge in [-0.3, -0.25) is 4.79 Å². The van der Waals surface area contributed by atoms with Crippen LogP contribution in [0, 0.1) is 28.6 Å². The third-order valence-electron chi connectivity index (χ3n) is 11.7. The van der Waals surface area contributed by atoms with E-state index in [1.807, 2.05) is 107 Å². The second kappa shape index (κ2) is 15.9. The van der Waals surface area contributed by atoms with Crippen LogP contribution in [0.25, 0.3) is 0 Å². The van der Waals surface area contributed by atoms with Crippen LogP contribution in [0.2, 0.25) is 0 Å². The molecule has 0 unspecified atom stereocenters. The van der Waals surface area contributed by atoms with Gasteiger partial charge in [0.15, 0.2) is 31.9 Å². The topological polar surface area (TPSA) is 130 Å². The van der Waals surface area contributed by atoms with Gasteiger partial charge >= 0.3 is 0 Å². The molecule has 0 fully saturated rings. The van der Waals surface area contributed by atoms with E-state index in [2.05, 4.69) is 13.8 Å². The first kappa shape index (κ1) is 44.9. The van der Waals surface area contributed by atoms with E-state index in [1.54, 1.807) is 26.4 Å². The summed E-state index contributed by atoms with van der Waals surface area (Å²) in [4.78, 5) is 18.1. The Balaban J connectivity index is 0.000000245. The molecular formula is C43H67NO9P2. The predicted molar refractivity (Wildman–Crippen MR) is 223 cm³/mol. The number of aliphatic hydroxyl groups is 1. The first-order chi connectivity index (χ1) is 25.3. The number of aliphatic imine (C=N–C) groups is 1. The molecule has 55 heavy (non-hydrogen) atoms. The SMILES string of the molecule is COc1cccc2c1[P@](=O)(C(C)(C)C)[C@@H](C(C)(C)C(=O)C[C@@H](CO)C(C)C)O2.COc1cccc2c1[P@](=O)(C(C)(C)C)[C@@H](C(C)(C)C1=N[C@H](C(C)C)CO1)O2. The Bertz CT molecular complexity index is 1850. The van der Waals surface area contributed by atoms with E-state index in [1.165, 1.54) is 0 Å². The van der Waals surface area contributed by atoms with Crippen LogP contribution < -0.4 is 29.6 Å². The van der Waals surface area contributed by atoms with Crippen molar-refractivity contribution in [2.45, 2.75) is 131 Å². The lowest BCUT2D eigenvalue weighted by Crippen LogP contribution is -2.44. The van der Waals surface area contributed by atoms with E-state index in [4.69, 9.17) is 28.7 Å². The summed E-state index contributed by atoms with van der Waals surface area (Å²) >= 11 is 0. The molecule has 2 aromatic carbocycles. The van der Waals surface area contributed by atoms with Crippen LogP contribution in [-0.4, -0.2) is 72.3 Å². The van der Waals surface area contributed by atoms with E-state index in [-0.39, 0.29) is 36.7 Å². The summed E-state index contributed by atoms with van der Waals surface area (Å²) in [5.41, 5.74) is -1.61. The number of fused-ring (bicyclic) bond motifs is 2. The minimum Gasteiger partial charge on any atom is -0.496 e. The van der Waals surface area contributed by atoms with Crippen molar-refractivity contribution in [3.63, 3.8) is 0 Å². The molecule has 3 aliphatic heterocycles. The summed E-state index contributed by atoms with van der Waals surface area (Å²) in [6.45, 7) is 28.3. The van der Waals surface area contributed by atoms with Gasteiger partial charge in [-0.2, -0.15) is 0 Å². The number of hydrogen-bond acceptors (Lipinski definition) is 10. The van der Waals surface area contributed by atoms with Crippen molar-refractivity contribution in [3.05, 3.63) is 36.4 Å². The minimum absolute atomic E-state index is 0.0403. The fourth-order valence-corrected chi connectivity index (χ4v) is 15.4. The Morgan fingerprint density at radius 2 is 1.25 bits per heavy atom. The first-order valence-corrected chi connectivity index (χ1v) is 23.0. The lowest BCUT2D eigenvalue weighted by Gasteiger charge is -2.39. The van der Waals surface area contributed by atoms with Crippen molar-refractivity contribution in [2.24, 2.45) is 33.6 Å². The average Bonchev–Trinajstić information content (AvgIpc) is 3.82. The molecule has 0 saturated heterocycles. The molecule has 308 valence electrons. The number of methoxy groups -OCH3 is 2. The summed E-state index contributed by atoms with van der Waals surface area (Å²) in [6, 6.07) is 11.1. The van der Waals surface area contributed by atoms with Crippen molar-refractivity contribution < 1.29 is 42.7 Å². The normalized spacial score (nSPS) is 25.5. The van der Waals surface area contributed by atoms with Crippen LogP contribution in [0.5, 0.6) is 23.0 Å². The molecule has 3 aliphatic rings. The highest BCUT2D eigenvalue weighted by molar-refractivity contribution is 7.74. The zero-order chi connectivity index (χ0) is 41.7. The third-order valence-corrected chi connectivity index (χ3v) is 20.8. The number of Topliss-reactive ketones (excluding diaryl/α,β-unsaturated/α-hetero) is 1. The van der Waals surface area contributed by atoms with E-state index in [0.29, 0.717) is 52.0 Å². The smallest absolute Gasteiger partial charge is 0.193 e. The second-order valence-corrected chi connectivity index (χ2v) is 26.2. The Kier molecular flexibility index (Phi) is 12.9. The van der Waals surface area contributed by atoms with Crippen LogP contribution in [0.15, 0.2) is 41.4 Å². The third kappa shape index (κ3) is 7.78. The molecule has 10 nitrogen and oxygen atoms in total. The van der Waals surface area contributed by atoms with Gasteiger partial charge in [0.2, 0.25) is 0 Å². The molecular weight excluding hydrogens is 736 g/mol. The number of carbonyl (C=O) groups excluding carboxylic acids is 1. The monoisotopic (exact) mass is 803 g/mol. The van der Waals surface area contributed by atoms with Crippen molar-refractivity contribution in [3.8, 4) is 23.0 Å². The molecule has 3 heterocycles. The summed E-state index contributed by atoms with van der Waals surface area (Å²) in [6.07, 6.45) is 0.235. The summed E-state index contributed by atoms with van der Waals surface area (Å²) < 4.78 is 58.9. The van der Waals surface area contributed by atoms with Crippen molar-refractivity contribution in [2.75, 3.05) is 27.4 Å². The highest BCUT2D eigenvalue weighted by Gasteiger charge is 2.62. The van der Waals surface area contributed by atoms with Crippen LogP contribution in [0.3, 0.4) is 0 Å². The van der Waals surface area contributed by atoms with Crippen molar-refractivity contribution >= 4 is 36.6 Å². The first-order valence-electron chi connectivity index (χ1n) is 19.5. The highest BCUT2D eigenvalue weighted by atomic mass is 31.2. The van der Waals surface area contributed by atoms with Crippen LogP contribution in [-0.2, 0) is 18.7 Å². The summed E-state index contributed by atoms with van der Waals surface area (Å²) in [7, 11) is -3.06. The quantitative estimate of drug-likeness (QED) is 0.221. The van der Waals surface area contributed by atoms with Crippen molar-refractivity contribution in [1.29, 1.82) is 0 Å². The molecule has 0 amide bonds. The van der Waals surface area contributed by atoms with Crippen LogP contribution in [0.4, 0.5) is 0 Å².